The first kappa shape index (κ1) is 11.3. The molecule has 1 aromatic rings. The van der Waals surface area contributed by atoms with Gasteiger partial charge in [0.25, 0.3) is 0 Å². The maximum atomic E-state index is 13.3. The number of hydrogen-bond donors (Lipinski definition) is 1. The predicted octanol–water partition coefficient (Wildman–Crippen LogP) is 2.95. The van der Waals surface area contributed by atoms with Crippen LogP contribution in [0.5, 0.6) is 0 Å². The van der Waals surface area contributed by atoms with Gasteiger partial charge < -0.3 is 5.73 Å². The summed E-state index contributed by atoms with van der Waals surface area (Å²) in [5, 5.41) is 0. The summed E-state index contributed by atoms with van der Waals surface area (Å²) in [4.78, 5) is 3.71. The normalized spacial score (nSPS) is 12.5. The molecule has 0 aliphatic carbocycles. The van der Waals surface area contributed by atoms with Gasteiger partial charge >= 0.3 is 0 Å². The number of nitrogens with two attached hydrogens (primary N) is 1. The molecular weight excluding hydrogens is 247 g/mol. The maximum absolute atomic E-state index is 13.3. The minimum absolute atomic E-state index is 0.314. The van der Waals surface area contributed by atoms with Crippen LogP contribution in [-0.4, -0.2) is 4.98 Å². The molecule has 0 bridgehead atoms. The summed E-state index contributed by atoms with van der Waals surface area (Å²) in [5.41, 5.74) is 6.33. The number of hydrogen-bond acceptors (Lipinski definition) is 2. The van der Waals surface area contributed by atoms with E-state index >= 15 is 0 Å². The number of rotatable bonds is 4. The standard InChI is InChI=1S/C10H12BrFN2/c1-2-3-4-9(13)10-7(11)5-14-6-8(10)12/h2,5-6,9H,1,3-4,13H2. The molecule has 2 nitrogen and oxygen atoms in total. The first-order valence-corrected chi connectivity index (χ1v) is 5.11. The van der Waals surface area contributed by atoms with Gasteiger partial charge in [-0.15, -0.1) is 6.58 Å². The molecule has 0 spiro atoms. The van der Waals surface area contributed by atoms with Crippen LogP contribution in [0.2, 0.25) is 0 Å². The molecule has 1 atom stereocenters. The minimum atomic E-state index is -0.365. The van der Waals surface area contributed by atoms with E-state index in [9.17, 15) is 4.39 Å². The van der Waals surface area contributed by atoms with Gasteiger partial charge in [-0.25, -0.2) is 4.39 Å². The lowest BCUT2D eigenvalue weighted by atomic mass is 10.0. The molecule has 1 heterocycles. The van der Waals surface area contributed by atoms with Gasteiger partial charge in [-0.05, 0) is 28.8 Å². The van der Waals surface area contributed by atoms with Gasteiger partial charge in [0, 0.05) is 22.3 Å². The SMILES string of the molecule is C=CCCC(N)c1c(F)cncc1Br. The monoisotopic (exact) mass is 258 g/mol. The van der Waals surface area contributed by atoms with Crippen LogP contribution in [0.1, 0.15) is 24.4 Å². The second kappa shape index (κ2) is 5.22. The molecule has 2 N–H and O–H groups in total. The van der Waals surface area contributed by atoms with Gasteiger partial charge in [-0.2, -0.15) is 0 Å². The van der Waals surface area contributed by atoms with Gasteiger partial charge in [-0.3, -0.25) is 4.98 Å². The Kier molecular flexibility index (Phi) is 4.22. The van der Waals surface area contributed by atoms with Crippen LogP contribution in [0.15, 0.2) is 29.5 Å². The van der Waals surface area contributed by atoms with E-state index in [1.54, 1.807) is 12.3 Å². The molecule has 0 radical (unpaired) electrons. The van der Waals surface area contributed by atoms with Crippen LogP contribution in [0.25, 0.3) is 0 Å². The second-order valence-electron chi connectivity index (χ2n) is 2.99. The van der Waals surface area contributed by atoms with Crippen LogP contribution in [-0.2, 0) is 0 Å². The zero-order valence-corrected chi connectivity index (χ0v) is 9.30. The third kappa shape index (κ3) is 2.62. The fourth-order valence-electron chi connectivity index (χ4n) is 1.22. The summed E-state index contributed by atoms with van der Waals surface area (Å²) in [6.45, 7) is 3.60. The van der Waals surface area contributed by atoms with Gasteiger partial charge in [0.2, 0.25) is 0 Å². The highest BCUT2D eigenvalue weighted by Gasteiger charge is 2.14. The average molecular weight is 259 g/mol. The lowest BCUT2D eigenvalue weighted by molar-refractivity contribution is 0.559. The summed E-state index contributed by atoms with van der Waals surface area (Å²) in [6, 6.07) is -0.314. The molecule has 0 saturated heterocycles. The van der Waals surface area contributed by atoms with Crippen LogP contribution in [0.3, 0.4) is 0 Å². The molecule has 76 valence electrons. The Hall–Kier alpha value is -0.740. The van der Waals surface area contributed by atoms with Crippen LogP contribution in [0.4, 0.5) is 4.39 Å². The molecule has 14 heavy (non-hydrogen) atoms. The van der Waals surface area contributed by atoms with Crippen molar-refractivity contribution in [2.75, 3.05) is 0 Å². The number of aromatic nitrogens is 1. The van der Waals surface area contributed by atoms with Crippen LogP contribution in [0, 0.1) is 5.82 Å². The lowest BCUT2D eigenvalue weighted by Crippen LogP contribution is -2.12. The molecule has 4 heteroatoms. The van der Waals surface area contributed by atoms with Crippen molar-refractivity contribution >= 4 is 15.9 Å². The largest absolute Gasteiger partial charge is 0.324 e. The lowest BCUT2D eigenvalue weighted by Gasteiger charge is -2.13. The van der Waals surface area contributed by atoms with Crippen molar-refractivity contribution in [3.8, 4) is 0 Å². The van der Waals surface area contributed by atoms with E-state index in [-0.39, 0.29) is 11.9 Å². The third-order valence-corrected chi connectivity index (χ3v) is 2.57. The van der Waals surface area contributed by atoms with E-state index in [2.05, 4.69) is 27.5 Å². The van der Waals surface area contributed by atoms with Crippen molar-refractivity contribution in [2.45, 2.75) is 18.9 Å². The minimum Gasteiger partial charge on any atom is -0.324 e. The number of nitrogens with zero attached hydrogens (tertiary/aromatic N) is 1. The fraction of sp³-hybridized carbons (Fsp3) is 0.300. The van der Waals surface area contributed by atoms with Crippen LogP contribution < -0.4 is 5.73 Å². The Morgan fingerprint density at radius 3 is 2.93 bits per heavy atom. The highest BCUT2D eigenvalue weighted by atomic mass is 79.9. The number of pyridine rings is 1. The summed E-state index contributed by atoms with van der Waals surface area (Å²) in [5.74, 6) is -0.365. The second-order valence-corrected chi connectivity index (χ2v) is 3.84. The highest BCUT2D eigenvalue weighted by molar-refractivity contribution is 9.10. The molecule has 0 amide bonds. The van der Waals surface area contributed by atoms with Crippen molar-refractivity contribution in [1.82, 2.24) is 4.98 Å². The summed E-state index contributed by atoms with van der Waals surface area (Å²) >= 11 is 3.23. The third-order valence-electron chi connectivity index (χ3n) is 1.94. The van der Waals surface area contributed by atoms with Crippen molar-refractivity contribution in [1.29, 1.82) is 0 Å². The van der Waals surface area contributed by atoms with E-state index in [1.165, 1.54) is 6.20 Å². The van der Waals surface area contributed by atoms with Crippen molar-refractivity contribution < 1.29 is 4.39 Å². The van der Waals surface area contributed by atoms with E-state index in [0.29, 0.717) is 16.5 Å². The molecule has 1 aromatic heterocycles. The van der Waals surface area contributed by atoms with Gasteiger partial charge in [-0.1, -0.05) is 6.08 Å². The smallest absolute Gasteiger partial charge is 0.147 e. The Morgan fingerprint density at radius 1 is 1.64 bits per heavy atom. The summed E-state index contributed by atoms with van der Waals surface area (Å²) in [6.07, 6.45) is 5.95. The molecule has 0 aliphatic heterocycles. The molecular formula is C10H12BrFN2. The Balaban J connectivity index is 2.87. The number of allylic oxidation sites excluding steroid dienone is 1. The zero-order chi connectivity index (χ0) is 10.6. The summed E-state index contributed by atoms with van der Waals surface area (Å²) in [7, 11) is 0. The number of halogens is 2. The average Bonchev–Trinajstić information content (AvgIpc) is 2.14. The van der Waals surface area contributed by atoms with Crippen molar-refractivity contribution in [3.63, 3.8) is 0 Å². The maximum Gasteiger partial charge on any atom is 0.147 e. The van der Waals surface area contributed by atoms with Gasteiger partial charge in [0.1, 0.15) is 5.82 Å². The van der Waals surface area contributed by atoms with Crippen LogP contribution >= 0.6 is 15.9 Å². The van der Waals surface area contributed by atoms with Crippen molar-refractivity contribution in [2.24, 2.45) is 5.73 Å². The Bertz CT molecular complexity index is 308. The molecule has 1 unspecified atom stereocenters. The molecule has 0 aliphatic rings. The predicted molar refractivity (Wildman–Crippen MR) is 58.3 cm³/mol. The molecule has 0 fully saturated rings. The zero-order valence-electron chi connectivity index (χ0n) is 7.71. The van der Waals surface area contributed by atoms with E-state index in [0.717, 1.165) is 6.42 Å². The Morgan fingerprint density at radius 2 is 2.36 bits per heavy atom. The first-order chi connectivity index (χ1) is 6.66. The quantitative estimate of drug-likeness (QED) is 0.844. The van der Waals surface area contributed by atoms with E-state index < -0.39 is 0 Å². The summed E-state index contributed by atoms with van der Waals surface area (Å²) < 4.78 is 13.9. The molecule has 0 saturated carbocycles. The van der Waals surface area contributed by atoms with E-state index in [1.807, 2.05) is 0 Å². The van der Waals surface area contributed by atoms with Gasteiger partial charge in [0.05, 0.1) is 6.20 Å². The van der Waals surface area contributed by atoms with Gasteiger partial charge in [0.15, 0.2) is 0 Å². The Labute approximate surface area is 91.2 Å². The van der Waals surface area contributed by atoms with Crippen molar-refractivity contribution in [3.05, 3.63) is 40.9 Å². The molecule has 0 aromatic carbocycles. The molecule has 1 rings (SSSR count). The first-order valence-electron chi connectivity index (χ1n) is 4.32. The topological polar surface area (TPSA) is 38.9 Å². The van der Waals surface area contributed by atoms with E-state index in [4.69, 9.17) is 5.73 Å². The fourth-order valence-corrected chi connectivity index (χ4v) is 1.82. The highest BCUT2D eigenvalue weighted by Crippen LogP contribution is 2.26.